The molecular weight excluding hydrogens is 190 g/mol. The van der Waals surface area contributed by atoms with Gasteiger partial charge in [0.25, 0.3) is 0 Å². The van der Waals surface area contributed by atoms with Gasteiger partial charge in [0, 0.05) is 6.42 Å². The highest BCUT2D eigenvalue weighted by molar-refractivity contribution is 6.20. The van der Waals surface area contributed by atoms with Crippen molar-refractivity contribution in [2.24, 2.45) is 5.73 Å². The van der Waals surface area contributed by atoms with Gasteiger partial charge >= 0.3 is 0 Å². The molecule has 4 heteroatoms. The summed E-state index contributed by atoms with van der Waals surface area (Å²) < 4.78 is 4.93. The number of rotatable bonds is 3. The van der Waals surface area contributed by atoms with E-state index in [1.54, 1.807) is 18.2 Å². The van der Waals surface area contributed by atoms with Gasteiger partial charge in [-0.1, -0.05) is 6.07 Å². The van der Waals surface area contributed by atoms with Crippen molar-refractivity contribution in [3.8, 4) is 11.5 Å². The Morgan fingerprint density at radius 1 is 1.62 bits per heavy atom. The van der Waals surface area contributed by atoms with Crippen LogP contribution in [0.5, 0.6) is 11.5 Å². The van der Waals surface area contributed by atoms with Crippen LogP contribution in [0.15, 0.2) is 18.2 Å². The second-order valence-electron chi connectivity index (χ2n) is 2.73. The highest BCUT2D eigenvalue weighted by atomic mass is 35.5. The van der Waals surface area contributed by atoms with Crippen molar-refractivity contribution in [1.82, 2.24) is 0 Å². The minimum atomic E-state index is -0.408. The molecule has 1 aromatic rings. The molecule has 0 bridgehead atoms. The highest BCUT2D eigenvalue weighted by Crippen LogP contribution is 2.26. The zero-order valence-electron chi connectivity index (χ0n) is 7.33. The summed E-state index contributed by atoms with van der Waals surface area (Å²) in [5.41, 5.74) is 5.95. The minimum absolute atomic E-state index is 0.120. The Morgan fingerprint density at radius 3 is 2.85 bits per heavy atom. The van der Waals surface area contributed by atoms with Crippen molar-refractivity contribution in [3.63, 3.8) is 0 Å². The van der Waals surface area contributed by atoms with Gasteiger partial charge in [0.05, 0.1) is 12.6 Å². The molecule has 0 aliphatic heterocycles. The Kier molecular flexibility index (Phi) is 3.39. The maximum Gasteiger partial charge on any atom is 0.160 e. The first-order valence-electron chi connectivity index (χ1n) is 3.89. The van der Waals surface area contributed by atoms with E-state index in [1.807, 2.05) is 0 Å². The first-order valence-corrected chi connectivity index (χ1v) is 4.32. The van der Waals surface area contributed by atoms with Crippen molar-refractivity contribution in [2.45, 2.75) is 11.9 Å². The molecule has 0 heterocycles. The molecule has 0 saturated heterocycles. The third-order valence-corrected chi connectivity index (χ3v) is 1.83. The Balaban J connectivity index is 2.86. The van der Waals surface area contributed by atoms with Gasteiger partial charge < -0.3 is 15.6 Å². The third kappa shape index (κ3) is 2.79. The van der Waals surface area contributed by atoms with Crippen LogP contribution in [0.3, 0.4) is 0 Å². The fourth-order valence-electron chi connectivity index (χ4n) is 1.07. The molecule has 3 N–H and O–H groups in total. The van der Waals surface area contributed by atoms with Crippen LogP contribution in [0, 0.1) is 0 Å². The van der Waals surface area contributed by atoms with Gasteiger partial charge in [-0.05, 0) is 17.7 Å². The third-order valence-electron chi connectivity index (χ3n) is 1.67. The summed E-state index contributed by atoms with van der Waals surface area (Å²) in [4.78, 5) is 0. The van der Waals surface area contributed by atoms with Crippen LogP contribution in [0.2, 0.25) is 0 Å². The molecule has 1 unspecified atom stereocenters. The van der Waals surface area contributed by atoms with Crippen molar-refractivity contribution < 1.29 is 9.84 Å². The predicted molar refractivity (Wildman–Crippen MR) is 52.2 cm³/mol. The Labute approximate surface area is 82.1 Å². The molecule has 0 fully saturated rings. The number of phenolic OH excluding ortho intramolecular Hbond substituents is 1. The van der Waals surface area contributed by atoms with Crippen molar-refractivity contribution in [1.29, 1.82) is 0 Å². The summed E-state index contributed by atoms with van der Waals surface area (Å²) >= 11 is 5.62. The molecular formula is C9H12ClNO2. The van der Waals surface area contributed by atoms with Crippen molar-refractivity contribution in [2.75, 3.05) is 7.11 Å². The number of methoxy groups -OCH3 is 1. The zero-order valence-corrected chi connectivity index (χ0v) is 8.08. The fourth-order valence-corrected chi connectivity index (χ4v) is 1.25. The average Bonchev–Trinajstić information content (AvgIpc) is 2.07. The van der Waals surface area contributed by atoms with Crippen molar-refractivity contribution >= 4 is 11.6 Å². The van der Waals surface area contributed by atoms with Crippen LogP contribution in [0.4, 0.5) is 0 Å². The number of phenols is 1. The number of benzene rings is 1. The molecule has 1 atom stereocenters. The van der Waals surface area contributed by atoms with Gasteiger partial charge in [0.1, 0.15) is 0 Å². The number of hydrogen-bond acceptors (Lipinski definition) is 3. The van der Waals surface area contributed by atoms with E-state index in [2.05, 4.69) is 0 Å². The summed E-state index contributed by atoms with van der Waals surface area (Å²) in [5.74, 6) is 0.559. The first kappa shape index (κ1) is 10.2. The summed E-state index contributed by atoms with van der Waals surface area (Å²) in [6.07, 6.45) is 0.554. The molecule has 0 aliphatic carbocycles. The smallest absolute Gasteiger partial charge is 0.160 e. The quantitative estimate of drug-likeness (QED) is 0.575. The molecule has 0 aliphatic rings. The van der Waals surface area contributed by atoms with Crippen LogP contribution < -0.4 is 10.5 Å². The van der Waals surface area contributed by atoms with Gasteiger partial charge in [-0.25, -0.2) is 0 Å². The number of ether oxygens (including phenoxy) is 1. The van der Waals surface area contributed by atoms with E-state index in [4.69, 9.17) is 22.1 Å². The van der Waals surface area contributed by atoms with Crippen LogP contribution in [0.1, 0.15) is 5.56 Å². The maximum absolute atomic E-state index is 9.28. The van der Waals surface area contributed by atoms with Gasteiger partial charge in [-0.3, -0.25) is 0 Å². The standard InChI is InChI=1S/C9H12ClNO2/c1-13-8-4-6(5-9(10)11)2-3-7(8)12/h2-4,9,12H,5,11H2,1H3. The number of aromatic hydroxyl groups is 1. The number of alkyl halides is 1. The van der Waals surface area contributed by atoms with E-state index in [9.17, 15) is 5.11 Å². The second kappa shape index (κ2) is 4.35. The SMILES string of the molecule is COc1cc(CC(N)Cl)ccc1O. The zero-order chi connectivity index (χ0) is 9.84. The monoisotopic (exact) mass is 201 g/mol. The lowest BCUT2D eigenvalue weighted by molar-refractivity contribution is 0.373. The number of hydrogen-bond donors (Lipinski definition) is 2. The Bertz CT molecular complexity index is 289. The fraction of sp³-hybridized carbons (Fsp3) is 0.333. The molecule has 0 amide bonds. The Hall–Kier alpha value is -0.930. The van der Waals surface area contributed by atoms with E-state index in [0.29, 0.717) is 12.2 Å². The summed E-state index contributed by atoms with van der Waals surface area (Å²) in [5, 5.41) is 9.28. The molecule has 1 aromatic carbocycles. The van der Waals surface area contributed by atoms with Crippen LogP contribution in [-0.2, 0) is 6.42 Å². The summed E-state index contributed by atoms with van der Waals surface area (Å²) in [6, 6.07) is 5.05. The van der Waals surface area contributed by atoms with E-state index >= 15 is 0 Å². The molecule has 0 radical (unpaired) electrons. The van der Waals surface area contributed by atoms with E-state index in [-0.39, 0.29) is 5.75 Å². The second-order valence-corrected chi connectivity index (χ2v) is 3.29. The van der Waals surface area contributed by atoms with Gasteiger partial charge in [0.2, 0.25) is 0 Å². The normalized spacial score (nSPS) is 12.5. The molecule has 72 valence electrons. The van der Waals surface area contributed by atoms with Gasteiger partial charge in [-0.2, -0.15) is 0 Å². The number of halogens is 1. The summed E-state index contributed by atoms with van der Waals surface area (Å²) in [6.45, 7) is 0. The first-order chi connectivity index (χ1) is 6.13. The maximum atomic E-state index is 9.28. The van der Waals surface area contributed by atoms with Crippen LogP contribution >= 0.6 is 11.6 Å². The van der Waals surface area contributed by atoms with E-state index in [1.165, 1.54) is 7.11 Å². The Morgan fingerprint density at radius 2 is 2.31 bits per heavy atom. The largest absolute Gasteiger partial charge is 0.504 e. The molecule has 0 aromatic heterocycles. The minimum Gasteiger partial charge on any atom is -0.504 e. The van der Waals surface area contributed by atoms with E-state index < -0.39 is 5.50 Å². The van der Waals surface area contributed by atoms with Crippen molar-refractivity contribution in [3.05, 3.63) is 23.8 Å². The molecule has 13 heavy (non-hydrogen) atoms. The topological polar surface area (TPSA) is 55.5 Å². The highest BCUT2D eigenvalue weighted by Gasteiger charge is 2.04. The molecule has 1 rings (SSSR count). The lowest BCUT2D eigenvalue weighted by Crippen LogP contribution is -2.14. The number of nitrogens with two attached hydrogens (primary N) is 1. The lowest BCUT2D eigenvalue weighted by atomic mass is 10.1. The van der Waals surface area contributed by atoms with E-state index in [0.717, 1.165) is 5.56 Å². The van der Waals surface area contributed by atoms with Gasteiger partial charge in [-0.15, -0.1) is 11.6 Å². The lowest BCUT2D eigenvalue weighted by Gasteiger charge is -2.07. The summed E-state index contributed by atoms with van der Waals surface area (Å²) in [7, 11) is 1.50. The molecule has 0 saturated carbocycles. The van der Waals surface area contributed by atoms with Gasteiger partial charge in [0.15, 0.2) is 11.5 Å². The van der Waals surface area contributed by atoms with Crippen LogP contribution in [0.25, 0.3) is 0 Å². The predicted octanol–water partition coefficient (Wildman–Crippen LogP) is 1.47. The van der Waals surface area contributed by atoms with Crippen LogP contribution in [-0.4, -0.2) is 17.7 Å². The molecule has 0 spiro atoms. The average molecular weight is 202 g/mol. The molecule has 3 nitrogen and oxygen atoms in total.